The summed E-state index contributed by atoms with van der Waals surface area (Å²) >= 11 is 1.04. The van der Waals surface area contributed by atoms with Crippen molar-refractivity contribution in [2.45, 2.75) is 45.3 Å². The molecule has 1 saturated heterocycles. The van der Waals surface area contributed by atoms with Crippen molar-refractivity contribution in [2.75, 3.05) is 6.61 Å². The Morgan fingerprint density at radius 1 is 1.00 bits per heavy atom. The Labute approximate surface area is 233 Å². The van der Waals surface area contributed by atoms with Gasteiger partial charge in [0.1, 0.15) is 0 Å². The molecular formula is C33H31N3O2S. The molecule has 6 rings (SSSR count). The molecule has 4 aromatic rings. The largest absolute Gasteiger partial charge is 0.356 e. The molecule has 1 aromatic heterocycles. The lowest BCUT2D eigenvalue weighted by molar-refractivity contribution is -0.109. The van der Waals surface area contributed by atoms with Crippen LogP contribution in [0, 0.1) is 0 Å². The minimum atomic E-state index is 0.0140. The minimum Gasteiger partial charge on any atom is -0.356 e. The van der Waals surface area contributed by atoms with E-state index in [0.29, 0.717) is 6.42 Å². The van der Waals surface area contributed by atoms with Crippen LogP contribution in [0.5, 0.6) is 0 Å². The number of aromatic nitrogens is 2. The fourth-order valence-electron chi connectivity index (χ4n) is 5.40. The topological polar surface area (TPSA) is 56.5 Å². The number of allylic oxidation sites excluding steroid dienone is 2. The van der Waals surface area contributed by atoms with Gasteiger partial charge >= 0.3 is 0 Å². The van der Waals surface area contributed by atoms with E-state index in [1.165, 1.54) is 34.3 Å². The number of rotatable bonds is 7. The van der Waals surface area contributed by atoms with E-state index in [9.17, 15) is 4.79 Å². The second kappa shape index (κ2) is 11.6. The van der Waals surface area contributed by atoms with E-state index in [4.69, 9.17) is 9.84 Å². The van der Waals surface area contributed by atoms with Crippen LogP contribution in [-0.2, 0) is 9.53 Å². The average Bonchev–Trinajstić information content (AvgIpc) is 3.61. The Morgan fingerprint density at radius 2 is 1.82 bits per heavy atom. The van der Waals surface area contributed by atoms with Gasteiger partial charge in [-0.1, -0.05) is 73.7 Å². The summed E-state index contributed by atoms with van der Waals surface area (Å²) in [7, 11) is 0. The summed E-state index contributed by atoms with van der Waals surface area (Å²) in [5.41, 5.74) is 9.10. The van der Waals surface area contributed by atoms with Crippen molar-refractivity contribution in [1.29, 1.82) is 0 Å². The van der Waals surface area contributed by atoms with Gasteiger partial charge in [0, 0.05) is 12.0 Å². The summed E-state index contributed by atoms with van der Waals surface area (Å²) in [6.45, 7) is 3.02. The monoisotopic (exact) mass is 533 g/mol. The lowest BCUT2D eigenvalue weighted by Gasteiger charge is -2.23. The van der Waals surface area contributed by atoms with Crippen molar-refractivity contribution in [3.63, 3.8) is 0 Å². The first-order valence-electron chi connectivity index (χ1n) is 13.6. The van der Waals surface area contributed by atoms with E-state index in [-0.39, 0.29) is 11.3 Å². The molecule has 5 nitrogen and oxygen atoms in total. The van der Waals surface area contributed by atoms with Crippen LogP contribution in [0.1, 0.15) is 67.5 Å². The molecule has 1 atom stereocenters. The van der Waals surface area contributed by atoms with Crippen molar-refractivity contribution < 1.29 is 9.53 Å². The number of carbonyl (C=O) groups excluding carboxylic acids is 1. The molecule has 2 aliphatic heterocycles. The molecule has 2 aliphatic rings. The molecular weight excluding hydrogens is 502 g/mol. The standard InChI is InChI=1S/C33H31N3O2S/c1-2-29(24-8-4-3-5-9-24)33(25-14-11-23(12-15-25)13-17-28-21-32(37)39-35-28)26-16-18-30-27(20-26)22-34-36(30)31-10-6-7-19-38-31/h3-5,8-9,11-18,20,22,31H,2,6-7,10,19,21H2,1H3/b17-13+,33-29+. The van der Waals surface area contributed by atoms with Crippen LogP contribution < -0.4 is 0 Å². The summed E-state index contributed by atoms with van der Waals surface area (Å²) in [6.07, 6.45) is 10.5. The highest BCUT2D eigenvalue weighted by Gasteiger charge is 2.20. The normalized spacial score (nSPS) is 18.5. The predicted molar refractivity (Wildman–Crippen MR) is 161 cm³/mol. The third kappa shape index (κ3) is 5.54. The Balaban J connectivity index is 1.40. The van der Waals surface area contributed by atoms with Crippen LogP contribution >= 0.6 is 11.9 Å². The highest BCUT2D eigenvalue weighted by atomic mass is 32.2. The Bertz CT molecular complexity index is 1580. The molecule has 0 aliphatic carbocycles. The molecule has 196 valence electrons. The zero-order valence-electron chi connectivity index (χ0n) is 22.0. The lowest BCUT2D eigenvalue weighted by Crippen LogP contribution is -2.18. The second-order valence-electron chi connectivity index (χ2n) is 9.94. The maximum Gasteiger partial charge on any atom is 0.217 e. The average molecular weight is 534 g/mol. The van der Waals surface area contributed by atoms with Crippen LogP contribution in [0.2, 0.25) is 0 Å². The van der Waals surface area contributed by atoms with Crippen LogP contribution in [0.25, 0.3) is 28.1 Å². The van der Waals surface area contributed by atoms with Gasteiger partial charge < -0.3 is 4.74 Å². The summed E-state index contributed by atoms with van der Waals surface area (Å²) in [5.74, 6) is 0. The fourth-order valence-corrected chi connectivity index (χ4v) is 5.96. The smallest absolute Gasteiger partial charge is 0.217 e. The summed E-state index contributed by atoms with van der Waals surface area (Å²) in [4.78, 5) is 11.5. The van der Waals surface area contributed by atoms with Crippen molar-refractivity contribution in [3.05, 3.63) is 107 Å². The van der Waals surface area contributed by atoms with Crippen molar-refractivity contribution >= 4 is 50.9 Å². The van der Waals surface area contributed by atoms with Crippen LogP contribution in [0.4, 0.5) is 0 Å². The van der Waals surface area contributed by atoms with Crippen molar-refractivity contribution in [1.82, 2.24) is 9.78 Å². The van der Waals surface area contributed by atoms with E-state index in [0.717, 1.165) is 60.0 Å². The molecule has 3 aromatic carbocycles. The Kier molecular flexibility index (Phi) is 7.57. The van der Waals surface area contributed by atoms with E-state index in [1.54, 1.807) is 0 Å². The first kappa shape index (κ1) is 25.5. The van der Waals surface area contributed by atoms with Gasteiger partial charge in [-0.2, -0.15) is 5.10 Å². The van der Waals surface area contributed by atoms with E-state index in [1.807, 2.05) is 23.0 Å². The number of nitrogens with zero attached hydrogens (tertiary/aromatic N) is 3. The zero-order chi connectivity index (χ0) is 26.6. The molecule has 1 unspecified atom stereocenters. The van der Waals surface area contributed by atoms with Crippen LogP contribution in [-0.4, -0.2) is 27.2 Å². The van der Waals surface area contributed by atoms with Gasteiger partial charge in [-0.3, -0.25) is 4.79 Å². The van der Waals surface area contributed by atoms with Gasteiger partial charge in [-0.15, -0.1) is 0 Å². The van der Waals surface area contributed by atoms with Crippen LogP contribution in [0.15, 0.2) is 89.5 Å². The molecule has 6 heteroatoms. The molecule has 1 fully saturated rings. The fraction of sp³-hybridized carbons (Fsp3) is 0.242. The summed E-state index contributed by atoms with van der Waals surface area (Å²) in [6, 6.07) is 25.9. The number of hydrogen-bond acceptors (Lipinski definition) is 5. The maximum atomic E-state index is 11.5. The van der Waals surface area contributed by atoms with Crippen molar-refractivity contribution in [2.24, 2.45) is 4.40 Å². The SMILES string of the molecule is CC/C(=C(/c1ccc(/C=C/C2=NSC(=O)C2)cc1)c1ccc2c(cnn2C2CCCCO2)c1)c1ccccc1. The molecule has 0 bridgehead atoms. The zero-order valence-corrected chi connectivity index (χ0v) is 22.9. The summed E-state index contributed by atoms with van der Waals surface area (Å²) < 4.78 is 12.3. The van der Waals surface area contributed by atoms with E-state index in [2.05, 4.69) is 84.1 Å². The lowest BCUT2D eigenvalue weighted by atomic mass is 9.87. The molecule has 0 spiro atoms. The Morgan fingerprint density at radius 3 is 2.54 bits per heavy atom. The number of benzene rings is 3. The second-order valence-corrected chi connectivity index (χ2v) is 10.8. The van der Waals surface area contributed by atoms with Gasteiger partial charge in [-0.05, 0) is 77.3 Å². The Hall–Kier alpha value is -3.74. The third-order valence-electron chi connectivity index (χ3n) is 7.35. The quantitative estimate of drug-likeness (QED) is 0.178. The first-order valence-corrected chi connectivity index (χ1v) is 14.4. The number of carbonyl (C=O) groups is 1. The molecule has 0 N–H and O–H groups in total. The number of hydrogen-bond donors (Lipinski definition) is 0. The van der Waals surface area contributed by atoms with Crippen LogP contribution in [0.3, 0.4) is 0 Å². The van der Waals surface area contributed by atoms with Gasteiger partial charge in [0.15, 0.2) is 6.23 Å². The van der Waals surface area contributed by atoms with Gasteiger partial charge in [0.2, 0.25) is 5.12 Å². The molecule has 0 saturated carbocycles. The maximum absolute atomic E-state index is 11.5. The predicted octanol–water partition coefficient (Wildman–Crippen LogP) is 8.14. The van der Waals surface area contributed by atoms with Gasteiger partial charge in [-0.25, -0.2) is 9.08 Å². The molecule has 39 heavy (non-hydrogen) atoms. The third-order valence-corrected chi connectivity index (χ3v) is 8.02. The number of ether oxygens (including phenoxy) is 1. The summed E-state index contributed by atoms with van der Waals surface area (Å²) in [5, 5.41) is 5.94. The molecule has 3 heterocycles. The van der Waals surface area contributed by atoms with E-state index >= 15 is 0 Å². The van der Waals surface area contributed by atoms with Gasteiger partial charge in [0.25, 0.3) is 0 Å². The first-order chi connectivity index (χ1) is 19.2. The minimum absolute atomic E-state index is 0.0140. The van der Waals surface area contributed by atoms with E-state index < -0.39 is 0 Å². The highest BCUT2D eigenvalue weighted by molar-refractivity contribution is 8.13. The highest BCUT2D eigenvalue weighted by Crippen LogP contribution is 2.36. The molecule has 0 radical (unpaired) electrons. The molecule has 0 amide bonds. The number of fused-ring (bicyclic) bond motifs is 1. The van der Waals surface area contributed by atoms with Gasteiger partial charge in [0.05, 0.1) is 35.8 Å². The van der Waals surface area contributed by atoms with Crippen molar-refractivity contribution in [3.8, 4) is 0 Å².